The highest BCUT2D eigenvalue weighted by Gasteiger charge is 2.53. The number of halogens is 1. The van der Waals surface area contributed by atoms with Gasteiger partial charge >= 0.3 is 0 Å². The molecule has 7 heteroatoms. The molecular weight excluding hydrogens is 343 g/mol. The fourth-order valence-corrected chi connectivity index (χ4v) is 5.27. The van der Waals surface area contributed by atoms with Crippen molar-refractivity contribution >= 4 is 21.6 Å². The van der Waals surface area contributed by atoms with Gasteiger partial charge in [0.05, 0.1) is 10.3 Å². The largest absolute Gasteiger partial charge is 0.325 e. The van der Waals surface area contributed by atoms with E-state index in [4.69, 9.17) is 0 Å². The monoisotopic (exact) mass is 360 g/mol. The predicted molar refractivity (Wildman–Crippen MR) is 91.3 cm³/mol. The number of sulfonamides is 1. The quantitative estimate of drug-likeness (QED) is 0.894. The highest BCUT2D eigenvalue weighted by atomic mass is 32.2. The normalized spacial score (nSPS) is 23.0. The molecule has 1 unspecified atom stereocenters. The molecule has 4 rings (SSSR count). The summed E-state index contributed by atoms with van der Waals surface area (Å²) in [6.07, 6.45) is 0.426. The number of nitrogens with one attached hydrogen (secondary N) is 1. The molecule has 25 heavy (non-hydrogen) atoms. The third-order valence-corrected chi connectivity index (χ3v) is 6.97. The van der Waals surface area contributed by atoms with Crippen molar-refractivity contribution in [1.29, 1.82) is 0 Å². The zero-order chi connectivity index (χ0) is 17.8. The lowest BCUT2D eigenvalue weighted by atomic mass is 9.81. The highest BCUT2D eigenvalue weighted by molar-refractivity contribution is 7.89. The Bertz CT molecular complexity index is 990. The Labute approximate surface area is 145 Å². The van der Waals surface area contributed by atoms with Gasteiger partial charge in [0.25, 0.3) is 0 Å². The lowest BCUT2D eigenvalue weighted by Gasteiger charge is -2.22. The van der Waals surface area contributed by atoms with Crippen LogP contribution in [0.5, 0.6) is 0 Å². The molecule has 2 aromatic rings. The van der Waals surface area contributed by atoms with E-state index in [1.165, 1.54) is 23.4 Å². The highest BCUT2D eigenvalue weighted by Crippen LogP contribution is 2.45. The average Bonchev–Trinajstić information content (AvgIpc) is 3.15. The molecule has 1 spiro atoms. The van der Waals surface area contributed by atoms with Gasteiger partial charge in [-0.3, -0.25) is 4.79 Å². The zero-order valence-electron chi connectivity index (χ0n) is 13.6. The van der Waals surface area contributed by atoms with Crippen molar-refractivity contribution < 1.29 is 17.6 Å². The number of aryl methyl sites for hydroxylation is 1. The summed E-state index contributed by atoms with van der Waals surface area (Å²) in [5.74, 6) is -0.609. The molecule has 2 aromatic carbocycles. The van der Waals surface area contributed by atoms with Crippen LogP contribution < -0.4 is 5.32 Å². The Morgan fingerprint density at radius 2 is 1.96 bits per heavy atom. The molecule has 130 valence electrons. The minimum Gasteiger partial charge on any atom is -0.325 e. The maximum absolute atomic E-state index is 13.5. The third kappa shape index (κ3) is 2.30. The fraction of sp³-hybridized carbons (Fsp3) is 0.278. The molecular formula is C18H17FN2O3S. The second-order valence-corrected chi connectivity index (χ2v) is 8.52. The topological polar surface area (TPSA) is 66.5 Å². The molecule has 1 amide bonds. The number of amides is 1. The first-order valence-electron chi connectivity index (χ1n) is 8.02. The second kappa shape index (κ2) is 5.37. The summed E-state index contributed by atoms with van der Waals surface area (Å²) in [5.41, 5.74) is 1.01. The maximum atomic E-state index is 13.5. The van der Waals surface area contributed by atoms with Crippen LogP contribution in [0.2, 0.25) is 0 Å². The van der Waals surface area contributed by atoms with Crippen LogP contribution in [0, 0.1) is 12.7 Å². The van der Waals surface area contributed by atoms with Gasteiger partial charge in [-0.05, 0) is 48.7 Å². The van der Waals surface area contributed by atoms with Gasteiger partial charge in [-0.1, -0.05) is 18.2 Å². The van der Waals surface area contributed by atoms with Crippen molar-refractivity contribution in [2.45, 2.75) is 23.7 Å². The Kier molecular flexibility index (Phi) is 3.49. The number of anilines is 1. The van der Waals surface area contributed by atoms with Gasteiger partial charge in [0.1, 0.15) is 5.82 Å². The van der Waals surface area contributed by atoms with Gasteiger partial charge in [0.2, 0.25) is 15.9 Å². The van der Waals surface area contributed by atoms with E-state index in [0.717, 1.165) is 17.3 Å². The lowest BCUT2D eigenvalue weighted by Crippen LogP contribution is -2.39. The van der Waals surface area contributed by atoms with Crippen LogP contribution in [0.1, 0.15) is 17.5 Å². The molecule has 0 aromatic heterocycles. The zero-order valence-corrected chi connectivity index (χ0v) is 14.4. The maximum Gasteiger partial charge on any atom is 0.243 e. The predicted octanol–water partition coefficient (Wildman–Crippen LogP) is 2.42. The van der Waals surface area contributed by atoms with E-state index in [-0.39, 0.29) is 29.5 Å². The fourth-order valence-electron chi connectivity index (χ4n) is 3.69. The second-order valence-electron chi connectivity index (χ2n) is 6.58. The van der Waals surface area contributed by atoms with Crippen molar-refractivity contribution in [2.24, 2.45) is 0 Å². The average molecular weight is 360 g/mol. The van der Waals surface area contributed by atoms with Crippen LogP contribution in [-0.2, 0) is 20.2 Å². The number of para-hydroxylation sites is 1. The van der Waals surface area contributed by atoms with E-state index < -0.39 is 21.3 Å². The Balaban J connectivity index is 1.71. The third-order valence-electron chi connectivity index (χ3n) is 5.13. The number of hydrogen-bond acceptors (Lipinski definition) is 3. The van der Waals surface area contributed by atoms with Gasteiger partial charge in [-0.15, -0.1) is 0 Å². The molecule has 2 heterocycles. The summed E-state index contributed by atoms with van der Waals surface area (Å²) < 4.78 is 40.6. The molecule has 0 aliphatic carbocycles. The first-order valence-corrected chi connectivity index (χ1v) is 9.46. The van der Waals surface area contributed by atoms with Gasteiger partial charge in [-0.25, -0.2) is 12.8 Å². The molecule has 0 bridgehead atoms. The van der Waals surface area contributed by atoms with Crippen molar-refractivity contribution in [2.75, 3.05) is 18.4 Å². The smallest absolute Gasteiger partial charge is 0.243 e. The van der Waals surface area contributed by atoms with Gasteiger partial charge in [0, 0.05) is 18.8 Å². The summed E-state index contributed by atoms with van der Waals surface area (Å²) in [7, 11) is -3.78. The standard InChI is InChI=1S/C18H17FN2O3S/c1-12-10-13(6-7-15(12)19)25(23,24)21-9-8-18(11-21)14-4-2-3-5-16(14)20-17(18)22/h2-7,10H,8-9,11H2,1H3,(H,20,22). The molecule has 1 fully saturated rings. The van der Waals surface area contributed by atoms with E-state index in [1.807, 2.05) is 24.3 Å². The number of fused-ring (bicyclic) bond motifs is 2. The van der Waals surface area contributed by atoms with Crippen LogP contribution in [0.4, 0.5) is 10.1 Å². The van der Waals surface area contributed by atoms with E-state index in [1.54, 1.807) is 0 Å². The molecule has 0 saturated carbocycles. The van der Waals surface area contributed by atoms with Gasteiger partial charge < -0.3 is 5.32 Å². The minimum atomic E-state index is -3.78. The number of rotatable bonds is 2. The summed E-state index contributed by atoms with van der Waals surface area (Å²) in [6, 6.07) is 11.1. The molecule has 0 radical (unpaired) electrons. The Morgan fingerprint density at radius 1 is 1.20 bits per heavy atom. The van der Waals surface area contributed by atoms with Crippen molar-refractivity contribution in [3.63, 3.8) is 0 Å². The Morgan fingerprint density at radius 3 is 2.72 bits per heavy atom. The molecule has 1 N–H and O–H groups in total. The lowest BCUT2D eigenvalue weighted by molar-refractivity contribution is -0.120. The molecule has 1 saturated heterocycles. The van der Waals surface area contributed by atoms with Crippen molar-refractivity contribution in [3.05, 3.63) is 59.4 Å². The minimum absolute atomic E-state index is 0.0511. The van der Waals surface area contributed by atoms with E-state index in [0.29, 0.717) is 6.42 Å². The van der Waals surface area contributed by atoms with Crippen molar-refractivity contribution in [1.82, 2.24) is 4.31 Å². The van der Waals surface area contributed by atoms with Crippen LogP contribution in [-0.4, -0.2) is 31.7 Å². The SMILES string of the molecule is Cc1cc(S(=O)(=O)N2CCC3(C2)C(=O)Nc2ccccc23)ccc1F. The summed E-state index contributed by atoms with van der Waals surface area (Å²) >= 11 is 0. The number of hydrogen-bond donors (Lipinski definition) is 1. The number of carbonyl (C=O) groups excluding carboxylic acids is 1. The molecule has 2 aliphatic rings. The van der Waals surface area contributed by atoms with Crippen molar-refractivity contribution in [3.8, 4) is 0 Å². The van der Waals surface area contributed by atoms with E-state index in [2.05, 4.69) is 5.32 Å². The van der Waals surface area contributed by atoms with Crippen LogP contribution in [0.3, 0.4) is 0 Å². The molecule has 1 atom stereocenters. The van der Waals surface area contributed by atoms with Crippen LogP contribution in [0.15, 0.2) is 47.4 Å². The van der Waals surface area contributed by atoms with E-state index in [9.17, 15) is 17.6 Å². The summed E-state index contributed by atoms with van der Waals surface area (Å²) in [6.45, 7) is 1.87. The van der Waals surface area contributed by atoms with Gasteiger partial charge in [-0.2, -0.15) is 4.31 Å². The summed E-state index contributed by atoms with van der Waals surface area (Å²) in [5, 5.41) is 2.85. The molecule has 2 aliphatic heterocycles. The summed E-state index contributed by atoms with van der Waals surface area (Å²) in [4.78, 5) is 12.6. The Hall–Kier alpha value is -2.25. The first kappa shape index (κ1) is 16.2. The van der Waals surface area contributed by atoms with Crippen LogP contribution >= 0.6 is 0 Å². The van der Waals surface area contributed by atoms with Crippen LogP contribution in [0.25, 0.3) is 0 Å². The number of benzene rings is 2. The number of nitrogens with zero attached hydrogens (tertiary/aromatic N) is 1. The van der Waals surface area contributed by atoms with Gasteiger partial charge in [0.15, 0.2) is 0 Å². The first-order chi connectivity index (χ1) is 11.8. The molecule has 5 nitrogen and oxygen atoms in total. The van der Waals surface area contributed by atoms with E-state index >= 15 is 0 Å². The number of carbonyl (C=O) groups is 1.